The van der Waals surface area contributed by atoms with Gasteiger partial charge in [0.05, 0.1) is 6.10 Å². The van der Waals surface area contributed by atoms with Crippen LogP contribution in [0.2, 0.25) is 0 Å². The molecule has 0 aromatic heterocycles. The molecule has 1 fully saturated rings. The Balaban J connectivity index is 1.27. The Morgan fingerprint density at radius 1 is 1.07 bits per heavy atom. The first-order chi connectivity index (χ1) is 14.1. The van der Waals surface area contributed by atoms with E-state index in [1.54, 1.807) is 0 Å². The first-order valence-corrected chi connectivity index (χ1v) is 10.9. The Labute approximate surface area is 180 Å². The lowest BCUT2D eigenvalue weighted by molar-refractivity contribution is -0.116. The second kappa shape index (κ2) is 9.15. The number of aliphatic hydroxyl groups excluding tert-OH is 1. The lowest BCUT2D eigenvalue weighted by atomic mass is 10.00. The van der Waals surface area contributed by atoms with E-state index in [0.717, 1.165) is 48.4 Å². The number of hydrogen-bond acceptors (Lipinski definition) is 5. The van der Waals surface area contributed by atoms with Gasteiger partial charge in [-0.1, -0.05) is 22.0 Å². The fourth-order valence-electron chi connectivity index (χ4n) is 4.04. The Morgan fingerprint density at radius 3 is 2.59 bits per heavy atom. The summed E-state index contributed by atoms with van der Waals surface area (Å²) in [6, 6.07) is 14.1. The van der Waals surface area contributed by atoms with Crippen LogP contribution in [0.5, 0.6) is 0 Å². The van der Waals surface area contributed by atoms with Crippen molar-refractivity contribution in [2.24, 2.45) is 0 Å². The summed E-state index contributed by atoms with van der Waals surface area (Å²) in [5.41, 5.74) is 4.45. The van der Waals surface area contributed by atoms with E-state index in [4.69, 9.17) is 0 Å². The lowest BCUT2D eigenvalue weighted by Crippen LogP contribution is -2.49. The topological polar surface area (TPSA) is 67.8 Å². The zero-order valence-electron chi connectivity index (χ0n) is 16.4. The summed E-state index contributed by atoms with van der Waals surface area (Å²) in [6.45, 7) is 4.90. The number of halogens is 1. The number of carbonyl (C=O) groups excluding carboxylic acids is 1. The van der Waals surface area contributed by atoms with Crippen molar-refractivity contribution < 1.29 is 9.90 Å². The molecule has 0 unspecified atom stereocenters. The van der Waals surface area contributed by atoms with Crippen LogP contribution in [0.3, 0.4) is 0 Å². The van der Waals surface area contributed by atoms with E-state index in [0.29, 0.717) is 19.5 Å². The monoisotopic (exact) mass is 458 g/mol. The molecule has 0 radical (unpaired) electrons. The normalized spacial score (nSPS) is 18.1. The SMILES string of the molecule is O=C1CCc2c(cccc2N2CCN(C[C@@H](O)CNc3ccc(Br)cc3)CC2)N1. The standard InChI is InChI=1S/C22H27BrN4O2/c23-16-4-6-17(7-5-16)24-14-18(28)15-26-10-12-27(13-11-26)21-3-1-2-20-19(21)8-9-22(29)25-20/h1-7,18,24,28H,8-15H2,(H,25,29)/t18-/m0/s1. The van der Waals surface area contributed by atoms with Crippen molar-refractivity contribution in [3.8, 4) is 0 Å². The fraction of sp³-hybridized carbons (Fsp3) is 0.409. The average molecular weight is 459 g/mol. The summed E-state index contributed by atoms with van der Waals surface area (Å²) >= 11 is 3.43. The van der Waals surface area contributed by atoms with Crippen molar-refractivity contribution in [2.75, 3.05) is 54.8 Å². The number of fused-ring (bicyclic) bond motifs is 1. The van der Waals surface area contributed by atoms with Crippen molar-refractivity contribution in [3.05, 3.63) is 52.5 Å². The molecule has 2 aliphatic rings. The van der Waals surface area contributed by atoms with E-state index < -0.39 is 6.10 Å². The van der Waals surface area contributed by atoms with E-state index in [-0.39, 0.29) is 5.91 Å². The van der Waals surface area contributed by atoms with Crippen LogP contribution < -0.4 is 15.5 Å². The molecule has 0 aliphatic carbocycles. The van der Waals surface area contributed by atoms with Crippen LogP contribution in [0, 0.1) is 0 Å². The molecule has 2 heterocycles. The van der Waals surface area contributed by atoms with Crippen LogP contribution in [-0.4, -0.2) is 61.3 Å². The largest absolute Gasteiger partial charge is 0.390 e. The van der Waals surface area contributed by atoms with Gasteiger partial charge < -0.3 is 20.6 Å². The van der Waals surface area contributed by atoms with E-state index in [2.05, 4.69) is 42.4 Å². The molecule has 154 valence electrons. The second-order valence-electron chi connectivity index (χ2n) is 7.68. The highest BCUT2D eigenvalue weighted by atomic mass is 79.9. The van der Waals surface area contributed by atoms with Crippen LogP contribution in [0.4, 0.5) is 17.1 Å². The molecule has 0 spiro atoms. The Bertz CT molecular complexity index is 850. The minimum Gasteiger partial charge on any atom is -0.390 e. The van der Waals surface area contributed by atoms with Crippen LogP contribution in [0.25, 0.3) is 0 Å². The Hall–Kier alpha value is -2.09. The number of aliphatic hydroxyl groups is 1. The van der Waals surface area contributed by atoms with Gasteiger partial charge in [0.1, 0.15) is 0 Å². The number of nitrogens with one attached hydrogen (secondary N) is 2. The fourth-order valence-corrected chi connectivity index (χ4v) is 4.30. The van der Waals surface area contributed by atoms with Crippen LogP contribution in [0.15, 0.2) is 46.9 Å². The van der Waals surface area contributed by atoms with Gasteiger partial charge in [0.15, 0.2) is 0 Å². The molecule has 7 heteroatoms. The summed E-state index contributed by atoms with van der Waals surface area (Å²) in [4.78, 5) is 16.4. The summed E-state index contributed by atoms with van der Waals surface area (Å²) in [5, 5.41) is 16.7. The van der Waals surface area contributed by atoms with Crippen LogP contribution in [-0.2, 0) is 11.2 Å². The zero-order valence-corrected chi connectivity index (χ0v) is 18.0. The van der Waals surface area contributed by atoms with Gasteiger partial charge >= 0.3 is 0 Å². The van der Waals surface area contributed by atoms with E-state index in [9.17, 15) is 9.90 Å². The average Bonchev–Trinajstić information content (AvgIpc) is 2.73. The number of β-amino-alcohol motifs (C(OH)–C–C–N with tert-alkyl or cyclic N) is 1. The van der Waals surface area contributed by atoms with Gasteiger partial charge in [0.2, 0.25) is 5.91 Å². The maximum Gasteiger partial charge on any atom is 0.224 e. The lowest BCUT2D eigenvalue weighted by Gasteiger charge is -2.38. The second-order valence-corrected chi connectivity index (χ2v) is 8.60. The summed E-state index contributed by atoms with van der Waals surface area (Å²) in [6.07, 6.45) is 0.949. The highest BCUT2D eigenvalue weighted by molar-refractivity contribution is 9.10. The molecule has 2 aromatic carbocycles. The molecule has 2 aromatic rings. The van der Waals surface area contributed by atoms with Gasteiger partial charge in [0, 0.05) is 67.2 Å². The van der Waals surface area contributed by atoms with Crippen molar-refractivity contribution in [2.45, 2.75) is 18.9 Å². The number of piperazine rings is 1. The minimum atomic E-state index is -0.412. The number of hydrogen-bond donors (Lipinski definition) is 3. The molecule has 0 saturated carbocycles. The molecule has 1 atom stereocenters. The Kier molecular flexibility index (Phi) is 6.37. The highest BCUT2D eigenvalue weighted by Gasteiger charge is 2.24. The van der Waals surface area contributed by atoms with Gasteiger partial charge in [-0.25, -0.2) is 0 Å². The quantitative estimate of drug-likeness (QED) is 0.620. The molecule has 4 rings (SSSR count). The molecular weight excluding hydrogens is 432 g/mol. The first-order valence-electron chi connectivity index (χ1n) is 10.1. The number of rotatable bonds is 6. The third-order valence-corrected chi connectivity index (χ3v) is 6.12. The van der Waals surface area contributed by atoms with Gasteiger partial charge in [-0.2, -0.15) is 0 Å². The molecular formula is C22H27BrN4O2. The number of anilines is 3. The molecule has 3 N–H and O–H groups in total. The molecule has 1 amide bonds. The van der Waals surface area contributed by atoms with Gasteiger partial charge in [-0.3, -0.25) is 9.69 Å². The Morgan fingerprint density at radius 2 is 1.83 bits per heavy atom. The number of carbonyl (C=O) groups is 1. The number of nitrogens with zero attached hydrogens (tertiary/aromatic N) is 2. The van der Waals surface area contributed by atoms with Crippen molar-refractivity contribution in [1.82, 2.24) is 4.90 Å². The van der Waals surface area contributed by atoms with E-state index in [1.165, 1.54) is 11.3 Å². The predicted molar refractivity (Wildman–Crippen MR) is 121 cm³/mol. The van der Waals surface area contributed by atoms with Crippen molar-refractivity contribution >= 4 is 38.9 Å². The summed E-state index contributed by atoms with van der Waals surface area (Å²) < 4.78 is 1.04. The van der Waals surface area contributed by atoms with Crippen molar-refractivity contribution in [3.63, 3.8) is 0 Å². The molecule has 29 heavy (non-hydrogen) atoms. The van der Waals surface area contributed by atoms with Gasteiger partial charge in [0.25, 0.3) is 0 Å². The van der Waals surface area contributed by atoms with Gasteiger partial charge in [-0.05, 0) is 48.4 Å². The predicted octanol–water partition coefficient (Wildman–Crippen LogP) is 2.93. The molecule has 1 saturated heterocycles. The highest BCUT2D eigenvalue weighted by Crippen LogP contribution is 2.32. The minimum absolute atomic E-state index is 0.102. The number of amides is 1. The maximum absolute atomic E-state index is 11.7. The van der Waals surface area contributed by atoms with Crippen LogP contribution >= 0.6 is 15.9 Å². The van der Waals surface area contributed by atoms with E-state index >= 15 is 0 Å². The van der Waals surface area contributed by atoms with Crippen molar-refractivity contribution in [1.29, 1.82) is 0 Å². The molecule has 2 aliphatic heterocycles. The third kappa shape index (κ3) is 5.10. The van der Waals surface area contributed by atoms with Crippen LogP contribution in [0.1, 0.15) is 12.0 Å². The third-order valence-electron chi connectivity index (χ3n) is 5.60. The van der Waals surface area contributed by atoms with Gasteiger partial charge in [-0.15, -0.1) is 0 Å². The molecule has 0 bridgehead atoms. The zero-order chi connectivity index (χ0) is 20.2. The smallest absolute Gasteiger partial charge is 0.224 e. The maximum atomic E-state index is 11.7. The summed E-state index contributed by atoms with van der Waals surface area (Å²) in [5.74, 6) is 0.102. The number of benzene rings is 2. The first kappa shape index (κ1) is 20.2. The molecule has 6 nitrogen and oxygen atoms in total. The summed E-state index contributed by atoms with van der Waals surface area (Å²) in [7, 11) is 0. The van der Waals surface area contributed by atoms with E-state index in [1.807, 2.05) is 36.4 Å².